The molecule has 1 aliphatic rings. The van der Waals surface area contributed by atoms with Gasteiger partial charge in [0.25, 0.3) is 15.9 Å². The lowest BCUT2D eigenvalue weighted by atomic mass is 9.95. The Morgan fingerprint density at radius 1 is 0.943 bits per heavy atom. The molecule has 0 saturated carbocycles. The van der Waals surface area contributed by atoms with E-state index in [4.69, 9.17) is 4.74 Å². The number of carbonyl (C=O) groups is 2. The van der Waals surface area contributed by atoms with Crippen molar-refractivity contribution in [1.82, 2.24) is 0 Å². The maximum atomic E-state index is 13.2. The lowest BCUT2D eigenvalue weighted by Crippen LogP contribution is -2.18. The van der Waals surface area contributed by atoms with Crippen LogP contribution >= 0.6 is 11.3 Å². The molecular weight excluding hydrogens is 484 g/mol. The molecular formula is C26H28N2O5S2. The molecule has 0 unspecified atom stereocenters. The zero-order chi connectivity index (χ0) is 25.3. The quantitative estimate of drug-likeness (QED) is 0.431. The molecule has 1 aliphatic carbocycles. The molecule has 0 aliphatic heterocycles. The van der Waals surface area contributed by atoms with E-state index >= 15 is 0 Å². The van der Waals surface area contributed by atoms with Gasteiger partial charge >= 0.3 is 5.97 Å². The van der Waals surface area contributed by atoms with E-state index in [0.29, 0.717) is 21.8 Å². The van der Waals surface area contributed by atoms with E-state index in [0.717, 1.165) is 47.3 Å². The van der Waals surface area contributed by atoms with Gasteiger partial charge in [0, 0.05) is 16.1 Å². The Kier molecular flexibility index (Phi) is 7.00. The van der Waals surface area contributed by atoms with Gasteiger partial charge in [-0.15, -0.1) is 11.3 Å². The van der Waals surface area contributed by atoms with Crippen molar-refractivity contribution in [1.29, 1.82) is 0 Å². The van der Waals surface area contributed by atoms with Gasteiger partial charge in [0.2, 0.25) is 0 Å². The van der Waals surface area contributed by atoms with Crippen LogP contribution < -0.4 is 10.0 Å². The Hall–Kier alpha value is -3.17. The van der Waals surface area contributed by atoms with Crippen LogP contribution in [0.5, 0.6) is 0 Å². The van der Waals surface area contributed by atoms with E-state index in [2.05, 4.69) is 10.0 Å². The Morgan fingerprint density at radius 3 is 2.37 bits per heavy atom. The molecule has 0 atom stereocenters. The molecule has 0 spiro atoms. The first kappa shape index (κ1) is 24.9. The number of hydrogen-bond acceptors (Lipinski definition) is 6. The third-order valence-electron chi connectivity index (χ3n) is 6.29. The van der Waals surface area contributed by atoms with Crippen molar-refractivity contribution in [2.45, 2.75) is 51.3 Å². The first-order valence-corrected chi connectivity index (χ1v) is 13.7. The van der Waals surface area contributed by atoms with Gasteiger partial charge < -0.3 is 10.1 Å². The van der Waals surface area contributed by atoms with Crippen molar-refractivity contribution < 1.29 is 22.7 Å². The molecule has 7 nitrogen and oxygen atoms in total. The number of nitrogens with one attached hydrogen (secondary N) is 2. The van der Waals surface area contributed by atoms with Gasteiger partial charge in [-0.2, -0.15) is 0 Å². The number of benzene rings is 2. The average molecular weight is 513 g/mol. The van der Waals surface area contributed by atoms with Crippen LogP contribution in [0.3, 0.4) is 0 Å². The molecule has 35 heavy (non-hydrogen) atoms. The van der Waals surface area contributed by atoms with Crippen molar-refractivity contribution in [2.75, 3.05) is 17.1 Å². The van der Waals surface area contributed by atoms with Crippen LogP contribution in [0.4, 0.5) is 10.7 Å². The summed E-state index contributed by atoms with van der Waals surface area (Å²) in [4.78, 5) is 26.7. The summed E-state index contributed by atoms with van der Waals surface area (Å²) in [7, 11) is -2.61. The molecule has 0 fully saturated rings. The second-order valence-electron chi connectivity index (χ2n) is 8.75. The number of aryl methyl sites for hydroxylation is 4. The standard InChI is InChI=1S/C26H28N2O5S2/c1-15-10-12-19(13-17(15)3)28-35(31,32)22-14-18(11-9-16(22)2)24(29)27-25-23(26(30)33-4)20-7-5-6-8-21(20)34-25/h9-14,28H,5-8H2,1-4H3,(H,27,29). The SMILES string of the molecule is COC(=O)c1c(NC(=O)c2ccc(C)c(S(=O)(=O)Nc3ccc(C)c(C)c3)c2)sc2c1CCCC2. The molecule has 9 heteroatoms. The maximum absolute atomic E-state index is 13.2. The number of hydrogen-bond donors (Lipinski definition) is 2. The van der Waals surface area contributed by atoms with Gasteiger partial charge in [-0.3, -0.25) is 9.52 Å². The first-order chi connectivity index (χ1) is 16.6. The number of rotatable bonds is 6. The second kappa shape index (κ2) is 9.83. The Morgan fingerprint density at radius 2 is 1.66 bits per heavy atom. The lowest BCUT2D eigenvalue weighted by Gasteiger charge is -2.13. The van der Waals surface area contributed by atoms with Crippen molar-refractivity contribution in [3.05, 3.63) is 74.7 Å². The summed E-state index contributed by atoms with van der Waals surface area (Å²) in [5.41, 5.74) is 4.51. The van der Waals surface area contributed by atoms with Crippen molar-refractivity contribution in [3.63, 3.8) is 0 Å². The summed E-state index contributed by atoms with van der Waals surface area (Å²) in [6, 6.07) is 9.86. The number of anilines is 2. The van der Waals surface area contributed by atoms with Gasteiger partial charge in [-0.25, -0.2) is 13.2 Å². The third-order valence-corrected chi connectivity index (χ3v) is 9.02. The Balaban J connectivity index is 1.64. The van der Waals surface area contributed by atoms with Crippen LogP contribution in [0.1, 0.15) is 60.7 Å². The molecule has 0 saturated heterocycles. The van der Waals surface area contributed by atoms with Crippen LogP contribution in [-0.4, -0.2) is 27.4 Å². The molecule has 0 bridgehead atoms. The van der Waals surface area contributed by atoms with E-state index < -0.39 is 21.9 Å². The van der Waals surface area contributed by atoms with Gasteiger partial charge in [0.1, 0.15) is 5.00 Å². The number of sulfonamides is 1. The molecule has 184 valence electrons. The highest BCUT2D eigenvalue weighted by Crippen LogP contribution is 2.38. The molecule has 1 aromatic heterocycles. The van der Waals surface area contributed by atoms with Crippen LogP contribution in [-0.2, 0) is 27.6 Å². The predicted molar refractivity (Wildman–Crippen MR) is 138 cm³/mol. The van der Waals surface area contributed by atoms with Crippen molar-refractivity contribution >= 4 is 43.9 Å². The van der Waals surface area contributed by atoms with Crippen molar-refractivity contribution in [3.8, 4) is 0 Å². The van der Waals surface area contributed by atoms with E-state index in [-0.39, 0.29) is 10.5 Å². The Labute approximate surface area is 209 Å². The number of fused-ring (bicyclic) bond motifs is 1. The summed E-state index contributed by atoms with van der Waals surface area (Å²) < 4.78 is 33.9. The first-order valence-electron chi connectivity index (χ1n) is 11.4. The van der Waals surface area contributed by atoms with Crippen molar-refractivity contribution in [2.24, 2.45) is 0 Å². The van der Waals surface area contributed by atoms with Crippen LogP contribution in [0.15, 0.2) is 41.3 Å². The van der Waals surface area contributed by atoms with Crippen LogP contribution in [0.25, 0.3) is 0 Å². The number of carbonyl (C=O) groups excluding carboxylic acids is 2. The summed E-state index contributed by atoms with van der Waals surface area (Å²) in [5, 5.41) is 3.26. The largest absolute Gasteiger partial charge is 0.465 e. The molecule has 1 heterocycles. The molecule has 2 N–H and O–H groups in total. The van der Waals surface area contributed by atoms with E-state index in [1.54, 1.807) is 31.2 Å². The summed E-state index contributed by atoms with van der Waals surface area (Å²) in [6.07, 6.45) is 3.64. The van der Waals surface area contributed by atoms with Crippen LogP contribution in [0, 0.1) is 20.8 Å². The zero-order valence-corrected chi connectivity index (χ0v) is 21.8. The number of amides is 1. The number of ether oxygens (including phenoxy) is 1. The highest BCUT2D eigenvalue weighted by atomic mass is 32.2. The minimum absolute atomic E-state index is 0.0158. The zero-order valence-electron chi connectivity index (χ0n) is 20.2. The third kappa shape index (κ3) is 5.11. The monoisotopic (exact) mass is 512 g/mol. The highest BCUT2D eigenvalue weighted by Gasteiger charge is 2.27. The minimum atomic E-state index is -3.93. The van der Waals surface area contributed by atoms with E-state index in [9.17, 15) is 18.0 Å². The lowest BCUT2D eigenvalue weighted by molar-refractivity contribution is 0.0601. The fourth-order valence-electron chi connectivity index (χ4n) is 4.19. The van der Waals surface area contributed by atoms with Gasteiger partial charge in [-0.05, 0) is 93.0 Å². The fourth-order valence-corrected chi connectivity index (χ4v) is 6.79. The highest BCUT2D eigenvalue weighted by molar-refractivity contribution is 7.92. The molecule has 0 radical (unpaired) electrons. The summed E-state index contributed by atoms with van der Waals surface area (Å²) in [6.45, 7) is 5.54. The minimum Gasteiger partial charge on any atom is -0.465 e. The fraction of sp³-hybridized carbons (Fsp3) is 0.308. The van der Waals surface area contributed by atoms with E-state index in [1.807, 2.05) is 19.9 Å². The van der Waals surface area contributed by atoms with Crippen LogP contribution in [0.2, 0.25) is 0 Å². The molecule has 2 aromatic carbocycles. The van der Waals surface area contributed by atoms with Gasteiger partial charge in [0.05, 0.1) is 17.6 Å². The Bertz CT molecular complexity index is 1420. The second-order valence-corrected chi connectivity index (χ2v) is 11.5. The maximum Gasteiger partial charge on any atom is 0.341 e. The average Bonchev–Trinajstić information content (AvgIpc) is 3.18. The number of thiophene rings is 1. The summed E-state index contributed by atoms with van der Waals surface area (Å²) in [5.74, 6) is -0.971. The summed E-state index contributed by atoms with van der Waals surface area (Å²) >= 11 is 1.38. The molecule has 3 aromatic rings. The number of esters is 1. The van der Waals surface area contributed by atoms with E-state index in [1.165, 1.54) is 24.5 Å². The number of methoxy groups -OCH3 is 1. The van der Waals surface area contributed by atoms with Gasteiger partial charge in [0.15, 0.2) is 0 Å². The van der Waals surface area contributed by atoms with Gasteiger partial charge in [-0.1, -0.05) is 12.1 Å². The smallest absolute Gasteiger partial charge is 0.341 e. The predicted octanol–water partition coefficient (Wildman–Crippen LogP) is 5.39. The molecule has 1 amide bonds. The normalized spacial score (nSPS) is 13.1. The molecule has 4 rings (SSSR count). The topological polar surface area (TPSA) is 102 Å².